The number of aryl methyl sites for hydroxylation is 1. The molecule has 122 valence electrons. The third-order valence-corrected chi connectivity index (χ3v) is 6.14. The van der Waals surface area contributed by atoms with Crippen molar-refractivity contribution >= 4 is 27.3 Å². The second-order valence-corrected chi connectivity index (χ2v) is 8.69. The van der Waals surface area contributed by atoms with E-state index in [0.29, 0.717) is 24.4 Å². The van der Waals surface area contributed by atoms with Gasteiger partial charge in [0.15, 0.2) is 9.84 Å². The summed E-state index contributed by atoms with van der Waals surface area (Å²) in [6, 6.07) is 7.65. The van der Waals surface area contributed by atoms with E-state index in [4.69, 9.17) is 11.6 Å². The van der Waals surface area contributed by atoms with Crippen molar-refractivity contribution in [2.45, 2.75) is 25.7 Å². The van der Waals surface area contributed by atoms with Gasteiger partial charge in [0.2, 0.25) is 5.91 Å². The molecule has 1 aromatic carbocycles. The van der Waals surface area contributed by atoms with Crippen LogP contribution in [-0.4, -0.2) is 44.3 Å². The van der Waals surface area contributed by atoms with Crippen LogP contribution in [0.3, 0.4) is 0 Å². The highest BCUT2D eigenvalue weighted by molar-refractivity contribution is 7.91. The predicted molar refractivity (Wildman–Crippen MR) is 88.8 cm³/mol. The second kappa shape index (κ2) is 7.47. The molecule has 6 heteroatoms. The quantitative estimate of drug-likeness (QED) is 0.797. The number of hydrogen-bond donors (Lipinski definition) is 0. The Bertz CT molecular complexity index is 613. The Morgan fingerprint density at radius 1 is 1.32 bits per heavy atom. The number of nitrogens with zero attached hydrogens (tertiary/aromatic N) is 1. The van der Waals surface area contributed by atoms with Crippen LogP contribution in [0.25, 0.3) is 0 Å². The summed E-state index contributed by atoms with van der Waals surface area (Å²) < 4.78 is 22.9. The molecule has 0 spiro atoms. The maximum Gasteiger partial charge on any atom is 0.222 e. The molecule has 1 amide bonds. The number of amides is 1. The lowest BCUT2D eigenvalue weighted by molar-refractivity contribution is -0.130. The molecule has 0 radical (unpaired) electrons. The number of carbonyl (C=O) groups excluding carboxylic acids is 1. The second-order valence-electron chi connectivity index (χ2n) is 6.02. The van der Waals surface area contributed by atoms with Crippen molar-refractivity contribution in [3.63, 3.8) is 0 Å². The molecule has 1 fully saturated rings. The van der Waals surface area contributed by atoms with Crippen LogP contribution in [0, 0.1) is 5.92 Å². The van der Waals surface area contributed by atoms with Crippen molar-refractivity contribution in [2.75, 3.05) is 25.1 Å². The first-order valence-electron chi connectivity index (χ1n) is 7.54. The van der Waals surface area contributed by atoms with Crippen molar-refractivity contribution in [3.05, 3.63) is 34.9 Å². The van der Waals surface area contributed by atoms with Gasteiger partial charge in [-0.1, -0.05) is 23.7 Å². The largest absolute Gasteiger partial charge is 0.345 e. The molecule has 2 rings (SSSR count). The summed E-state index contributed by atoms with van der Waals surface area (Å²) in [6.45, 7) is 0.541. The number of carbonyl (C=O) groups is 1. The van der Waals surface area contributed by atoms with Gasteiger partial charge in [-0.15, -0.1) is 0 Å². The van der Waals surface area contributed by atoms with Gasteiger partial charge in [-0.25, -0.2) is 8.42 Å². The number of rotatable bonds is 6. The highest BCUT2D eigenvalue weighted by atomic mass is 35.5. The molecule has 0 N–H and O–H groups in total. The van der Waals surface area contributed by atoms with Crippen LogP contribution >= 0.6 is 11.6 Å². The molecule has 0 aromatic heterocycles. The lowest BCUT2D eigenvalue weighted by Gasteiger charge is -2.20. The summed E-state index contributed by atoms with van der Waals surface area (Å²) in [5.74, 6) is 0.652. The minimum atomic E-state index is -2.87. The highest BCUT2D eigenvalue weighted by Gasteiger charge is 2.29. The molecular formula is C16H22ClNO3S. The molecule has 1 heterocycles. The Kier molecular flexibility index (Phi) is 5.87. The van der Waals surface area contributed by atoms with Crippen molar-refractivity contribution in [3.8, 4) is 0 Å². The maximum absolute atomic E-state index is 12.1. The van der Waals surface area contributed by atoms with Crippen LogP contribution < -0.4 is 0 Å². The standard InChI is InChI=1S/C16H22ClNO3S/c1-18(11-14-9-10-22(20,21)12-14)16(19)4-2-3-13-5-7-15(17)8-6-13/h5-8,14H,2-4,9-12H2,1H3. The molecule has 1 unspecified atom stereocenters. The van der Waals surface area contributed by atoms with Gasteiger partial charge in [0, 0.05) is 25.0 Å². The summed E-state index contributed by atoms with van der Waals surface area (Å²) in [6.07, 6.45) is 2.78. The van der Waals surface area contributed by atoms with Crippen molar-refractivity contribution in [1.82, 2.24) is 4.90 Å². The fraction of sp³-hybridized carbons (Fsp3) is 0.562. The van der Waals surface area contributed by atoms with E-state index in [1.807, 2.05) is 24.3 Å². The number of benzene rings is 1. The Morgan fingerprint density at radius 2 is 2.00 bits per heavy atom. The molecule has 1 aliphatic rings. The number of halogens is 1. The Morgan fingerprint density at radius 3 is 2.59 bits per heavy atom. The van der Waals surface area contributed by atoms with E-state index < -0.39 is 9.84 Å². The average molecular weight is 344 g/mol. The normalized spacial score (nSPS) is 20.0. The molecule has 1 aliphatic heterocycles. The fourth-order valence-corrected chi connectivity index (χ4v) is 4.77. The minimum Gasteiger partial charge on any atom is -0.345 e. The van der Waals surface area contributed by atoms with Gasteiger partial charge in [0.05, 0.1) is 11.5 Å². The van der Waals surface area contributed by atoms with E-state index in [9.17, 15) is 13.2 Å². The lowest BCUT2D eigenvalue weighted by atomic mass is 10.1. The highest BCUT2D eigenvalue weighted by Crippen LogP contribution is 2.19. The van der Waals surface area contributed by atoms with Crippen LogP contribution in [0.15, 0.2) is 24.3 Å². The zero-order chi connectivity index (χ0) is 16.2. The monoisotopic (exact) mass is 343 g/mol. The first-order chi connectivity index (χ1) is 10.4. The van der Waals surface area contributed by atoms with Gasteiger partial charge < -0.3 is 4.90 Å². The Hall–Kier alpha value is -1.07. The molecule has 1 aromatic rings. The van der Waals surface area contributed by atoms with Crippen LogP contribution in [0.4, 0.5) is 0 Å². The number of sulfone groups is 1. The molecular weight excluding hydrogens is 322 g/mol. The summed E-state index contributed by atoms with van der Waals surface area (Å²) in [7, 11) is -1.11. The van der Waals surface area contributed by atoms with Crippen LogP contribution in [0.2, 0.25) is 5.02 Å². The molecule has 0 aliphatic carbocycles. The zero-order valence-corrected chi connectivity index (χ0v) is 14.4. The van der Waals surface area contributed by atoms with Gasteiger partial charge >= 0.3 is 0 Å². The third kappa shape index (κ3) is 5.29. The van der Waals surface area contributed by atoms with E-state index in [2.05, 4.69) is 0 Å². The summed E-state index contributed by atoms with van der Waals surface area (Å²) >= 11 is 5.84. The van der Waals surface area contributed by atoms with Crippen LogP contribution in [0.5, 0.6) is 0 Å². The van der Waals surface area contributed by atoms with Crippen molar-refractivity contribution < 1.29 is 13.2 Å². The summed E-state index contributed by atoms with van der Waals surface area (Å²) in [5, 5.41) is 0.714. The van der Waals surface area contributed by atoms with E-state index >= 15 is 0 Å². The van der Waals surface area contributed by atoms with E-state index in [0.717, 1.165) is 12.8 Å². The van der Waals surface area contributed by atoms with Crippen molar-refractivity contribution in [1.29, 1.82) is 0 Å². The maximum atomic E-state index is 12.1. The third-order valence-electron chi connectivity index (χ3n) is 4.05. The Balaban J connectivity index is 1.71. The summed E-state index contributed by atoms with van der Waals surface area (Å²) in [4.78, 5) is 13.8. The topological polar surface area (TPSA) is 54.5 Å². The van der Waals surface area contributed by atoms with Crippen molar-refractivity contribution in [2.24, 2.45) is 5.92 Å². The minimum absolute atomic E-state index is 0.0817. The molecule has 22 heavy (non-hydrogen) atoms. The van der Waals surface area contributed by atoms with Gasteiger partial charge in [-0.2, -0.15) is 0 Å². The molecule has 1 atom stereocenters. The molecule has 1 saturated heterocycles. The molecule has 0 saturated carbocycles. The number of hydrogen-bond acceptors (Lipinski definition) is 3. The van der Waals surface area contributed by atoms with Crippen LogP contribution in [0.1, 0.15) is 24.8 Å². The van der Waals surface area contributed by atoms with Gasteiger partial charge in [-0.05, 0) is 42.9 Å². The van der Waals surface area contributed by atoms with Crippen LogP contribution in [-0.2, 0) is 21.1 Å². The van der Waals surface area contributed by atoms with E-state index in [-0.39, 0.29) is 23.3 Å². The lowest BCUT2D eigenvalue weighted by Crippen LogP contribution is -2.32. The zero-order valence-electron chi connectivity index (χ0n) is 12.8. The van der Waals surface area contributed by atoms with Gasteiger partial charge in [0.1, 0.15) is 0 Å². The first-order valence-corrected chi connectivity index (χ1v) is 9.74. The van der Waals surface area contributed by atoms with Gasteiger partial charge in [-0.3, -0.25) is 4.79 Å². The van der Waals surface area contributed by atoms with E-state index in [1.54, 1.807) is 11.9 Å². The average Bonchev–Trinajstić information content (AvgIpc) is 2.80. The predicted octanol–water partition coefficient (Wildman–Crippen LogP) is 2.56. The SMILES string of the molecule is CN(CC1CCS(=O)(=O)C1)C(=O)CCCc1ccc(Cl)cc1. The Labute approximate surface area is 137 Å². The van der Waals surface area contributed by atoms with E-state index in [1.165, 1.54) is 5.56 Å². The van der Waals surface area contributed by atoms with Gasteiger partial charge in [0.25, 0.3) is 0 Å². The fourth-order valence-electron chi connectivity index (χ4n) is 2.79. The molecule has 0 bridgehead atoms. The first kappa shape index (κ1) is 17.3. The smallest absolute Gasteiger partial charge is 0.222 e. The summed E-state index contributed by atoms with van der Waals surface area (Å²) in [5.41, 5.74) is 1.17. The molecule has 4 nitrogen and oxygen atoms in total.